The smallest absolute Gasteiger partial charge is 0.0143 e. The molecule has 0 saturated heterocycles. The lowest BCUT2D eigenvalue weighted by Gasteiger charge is -2.38. The molecule has 102 valence electrons. The Balaban J connectivity index is 1.93. The third kappa shape index (κ3) is 3.83. The molecule has 0 aliphatic heterocycles. The fourth-order valence-corrected chi connectivity index (χ4v) is 3.90. The Bertz CT molecular complexity index is 332. The van der Waals surface area contributed by atoms with Crippen molar-refractivity contribution in [1.29, 1.82) is 0 Å². The summed E-state index contributed by atoms with van der Waals surface area (Å²) < 4.78 is 0. The van der Waals surface area contributed by atoms with Gasteiger partial charge in [0.25, 0.3) is 0 Å². The Morgan fingerprint density at radius 1 is 1.39 bits per heavy atom. The molecule has 1 aliphatic carbocycles. The summed E-state index contributed by atoms with van der Waals surface area (Å²) in [7, 11) is 0. The summed E-state index contributed by atoms with van der Waals surface area (Å²) in [6.07, 6.45) is 6.80. The zero-order chi connectivity index (χ0) is 13.0. The van der Waals surface area contributed by atoms with Gasteiger partial charge < -0.3 is 5.32 Å². The standard InChI is InChI=1S/C16H27NS/c1-4-17-15(12-14-6-5-11-18-14)13-7-9-16(2,3)10-8-13/h5-6,11,13,15,17H,4,7-10,12H2,1-3H3. The van der Waals surface area contributed by atoms with E-state index in [1.165, 1.54) is 37.0 Å². The molecule has 1 fully saturated rings. The van der Waals surface area contributed by atoms with Crippen LogP contribution in [0.15, 0.2) is 17.5 Å². The molecule has 1 atom stereocenters. The molecule has 1 aliphatic rings. The van der Waals surface area contributed by atoms with Crippen LogP contribution in [0.3, 0.4) is 0 Å². The molecule has 18 heavy (non-hydrogen) atoms. The second-order valence-electron chi connectivity index (χ2n) is 6.45. The highest BCUT2D eigenvalue weighted by Crippen LogP contribution is 2.39. The summed E-state index contributed by atoms with van der Waals surface area (Å²) in [5.41, 5.74) is 0.580. The minimum absolute atomic E-state index is 0.580. The van der Waals surface area contributed by atoms with Gasteiger partial charge >= 0.3 is 0 Å². The highest BCUT2D eigenvalue weighted by molar-refractivity contribution is 7.09. The van der Waals surface area contributed by atoms with Crippen LogP contribution in [-0.2, 0) is 6.42 Å². The normalized spacial score (nSPS) is 21.9. The second-order valence-corrected chi connectivity index (χ2v) is 7.48. The number of hydrogen-bond donors (Lipinski definition) is 1. The third-order valence-corrected chi connectivity index (χ3v) is 5.32. The van der Waals surface area contributed by atoms with E-state index in [9.17, 15) is 0 Å². The van der Waals surface area contributed by atoms with Crippen molar-refractivity contribution in [2.45, 2.75) is 58.9 Å². The molecule has 0 radical (unpaired) electrons. The molecule has 1 heterocycles. The summed E-state index contributed by atoms with van der Waals surface area (Å²) in [5.74, 6) is 0.875. The molecule has 1 aromatic heterocycles. The number of thiophene rings is 1. The summed E-state index contributed by atoms with van der Waals surface area (Å²) in [6, 6.07) is 5.14. The van der Waals surface area contributed by atoms with Gasteiger partial charge in [-0.05, 0) is 61.4 Å². The molecule has 1 unspecified atom stereocenters. The minimum Gasteiger partial charge on any atom is -0.314 e. The maximum atomic E-state index is 3.72. The van der Waals surface area contributed by atoms with Gasteiger partial charge in [-0.25, -0.2) is 0 Å². The van der Waals surface area contributed by atoms with Crippen molar-refractivity contribution in [1.82, 2.24) is 5.32 Å². The Morgan fingerprint density at radius 3 is 2.67 bits per heavy atom. The molecule has 2 heteroatoms. The van der Waals surface area contributed by atoms with Crippen LogP contribution in [0.25, 0.3) is 0 Å². The van der Waals surface area contributed by atoms with E-state index in [-0.39, 0.29) is 0 Å². The van der Waals surface area contributed by atoms with Crippen LogP contribution in [0.5, 0.6) is 0 Å². The Kier molecular flexibility index (Phi) is 4.85. The first kappa shape index (κ1) is 14.1. The molecule has 2 rings (SSSR count). The molecule has 1 saturated carbocycles. The first-order chi connectivity index (χ1) is 8.61. The van der Waals surface area contributed by atoms with E-state index >= 15 is 0 Å². The van der Waals surface area contributed by atoms with Gasteiger partial charge in [0.15, 0.2) is 0 Å². The largest absolute Gasteiger partial charge is 0.314 e. The first-order valence-electron chi connectivity index (χ1n) is 7.36. The molecular weight excluding hydrogens is 238 g/mol. The van der Waals surface area contributed by atoms with E-state index in [0.717, 1.165) is 12.5 Å². The predicted molar refractivity (Wildman–Crippen MR) is 81.2 cm³/mol. The average Bonchev–Trinajstić information content (AvgIpc) is 2.81. The minimum atomic E-state index is 0.580. The van der Waals surface area contributed by atoms with E-state index < -0.39 is 0 Å². The van der Waals surface area contributed by atoms with Crippen LogP contribution >= 0.6 is 11.3 Å². The van der Waals surface area contributed by atoms with Gasteiger partial charge in [0, 0.05) is 10.9 Å². The molecule has 0 spiro atoms. The average molecular weight is 265 g/mol. The number of rotatable bonds is 5. The second kappa shape index (κ2) is 6.21. The maximum absolute atomic E-state index is 3.72. The van der Waals surface area contributed by atoms with Gasteiger partial charge in [-0.15, -0.1) is 11.3 Å². The molecule has 0 bridgehead atoms. The summed E-state index contributed by atoms with van der Waals surface area (Å²) >= 11 is 1.90. The van der Waals surface area contributed by atoms with Crippen LogP contribution in [0, 0.1) is 11.3 Å². The summed E-state index contributed by atoms with van der Waals surface area (Å²) in [4.78, 5) is 1.53. The van der Waals surface area contributed by atoms with Crippen LogP contribution in [-0.4, -0.2) is 12.6 Å². The molecule has 1 N–H and O–H groups in total. The summed E-state index contributed by atoms with van der Waals surface area (Å²) in [5, 5.41) is 5.92. The van der Waals surface area contributed by atoms with Gasteiger partial charge in [-0.1, -0.05) is 26.8 Å². The van der Waals surface area contributed by atoms with Crippen molar-refractivity contribution in [2.75, 3.05) is 6.54 Å². The van der Waals surface area contributed by atoms with E-state index in [2.05, 4.69) is 43.6 Å². The van der Waals surface area contributed by atoms with E-state index in [1.54, 1.807) is 0 Å². The van der Waals surface area contributed by atoms with E-state index in [4.69, 9.17) is 0 Å². The van der Waals surface area contributed by atoms with E-state index in [0.29, 0.717) is 11.5 Å². The Hall–Kier alpha value is -0.340. The lowest BCUT2D eigenvalue weighted by atomic mass is 9.70. The zero-order valence-electron chi connectivity index (χ0n) is 12.0. The van der Waals surface area contributed by atoms with Crippen molar-refractivity contribution in [3.63, 3.8) is 0 Å². The van der Waals surface area contributed by atoms with Gasteiger partial charge in [0.2, 0.25) is 0 Å². The molecule has 0 aromatic carbocycles. The molecule has 1 nitrogen and oxygen atoms in total. The fourth-order valence-electron chi connectivity index (χ4n) is 3.14. The van der Waals surface area contributed by atoms with Crippen LogP contribution in [0.1, 0.15) is 51.3 Å². The highest BCUT2D eigenvalue weighted by Gasteiger charge is 2.31. The fraction of sp³-hybridized carbons (Fsp3) is 0.750. The SMILES string of the molecule is CCNC(Cc1cccs1)C1CCC(C)(C)CC1. The maximum Gasteiger partial charge on any atom is 0.0143 e. The Morgan fingerprint density at radius 2 is 2.11 bits per heavy atom. The predicted octanol–water partition coefficient (Wildman–Crippen LogP) is 4.49. The number of hydrogen-bond acceptors (Lipinski definition) is 2. The van der Waals surface area contributed by atoms with Gasteiger partial charge in [-0.2, -0.15) is 0 Å². The Labute approximate surface area is 116 Å². The van der Waals surface area contributed by atoms with Gasteiger partial charge in [0.05, 0.1) is 0 Å². The van der Waals surface area contributed by atoms with Crippen LogP contribution in [0.2, 0.25) is 0 Å². The van der Waals surface area contributed by atoms with Gasteiger partial charge in [-0.3, -0.25) is 0 Å². The molecular formula is C16H27NS. The number of likely N-dealkylation sites (N-methyl/N-ethyl adjacent to an activating group) is 1. The van der Waals surface area contributed by atoms with Crippen molar-refractivity contribution < 1.29 is 0 Å². The summed E-state index contributed by atoms with van der Waals surface area (Å²) in [6.45, 7) is 8.17. The topological polar surface area (TPSA) is 12.0 Å². The van der Waals surface area contributed by atoms with Crippen molar-refractivity contribution in [3.8, 4) is 0 Å². The van der Waals surface area contributed by atoms with Crippen molar-refractivity contribution in [2.24, 2.45) is 11.3 Å². The van der Waals surface area contributed by atoms with Crippen molar-refractivity contribution >= 4 is 11.3 Å². The van der Waals surface area contributed by atoms with Gasteiger partial charge in [0.1, 0.15) is 0 Å². The quantitative estimate of drug-likeness (QED) is 0.827. The highest BCUT2D eigenvalue weighted by atomic mass is 32.1. The monoisotopic (exact) mass is 265 g/mol. The molecule has 1 aromatic rings. The van der Waals surface area contributed by atoms with Crippen LogP contribution in [0.4, 0.5) is 0 Å². The molecule has 0 amide bonds. The lowest BCUT2D eigenvalue weighted by Crippen LogP contribution is -2.40. The van der Waals surface area contributed by atoms with Crippen molar-refractivity contribution in [3.05, 3.63) is 22.4 Å². The van der Waals surface area contributed by atoms with E-state index in [1.807, 2.05) is 11.3 Å². The zero-order valence-corrected chi connectivity index (χ0v) is 12.9. The number of nitrogens with one attached hydrogen (secondary N) is 1. The lowest BCUT2D eigenvalue weighted by molar-refractivity contribution is 0.161. The van der Waals surface area contributed by atoms with Crippen LogP contribution < -0.4 is 5.32 Å². The first-order valence-corrected chi connectivity index (χ1v) is 8.24. The third-order valence-electron chi connectivity index (χ3n) is 4.42.